The third-order valence-corrected chi connectivity index (χ3v) is 7.64. The van der Waals surface area contributed by atoms with Gasteiger partial charge < -0.3 is 0 Å². The van der Waals surface area contributed by atoms with Gasteiger partial charge in [-0.1, -0.05) is 75.9 Å². The van der Waals surface area contributed by atoms with E-state index in [1.165, 1.54) is 73.6 Å². The van der Waals surface area contributed by atoms with Gasteiger partial charge >= 0.3 is 74.4 Å². The zero-order valence-electron chi connectivity index (χ0n) is 23.5. The Kier molecular flexibility index (Phi) is 9.71. The Hall–Kier alpha value is -2.08. The minimum Gasteiger partial charge on any atom is -0.214 e. The van der Waals surface area contributed by atoms with Gasteiger partial charge in [0, 0.05) is 0 Å². The number of aryl methyl sites for hydroxylation is 2. The van der Waals surface area contributed by atoms with Crippen molar-refractivity contribution < 1.29 is 24.2 Å². The summed E-state index contributed by atoms with van der Waals surface area (Å²) < 4.78 is 2.11. The van der Waals surface area contributed by atoms with Crippen molar-refractivity contribution in [1.29, 1.82) is 0 Å². The van der Waals surface area contributed by atoms with Crippen molar-refractivity contribution in [3.05, 3.63) is 118 Å². The molecule has 0 amide bonds. The van der Waals surface area contributed by atoms with Crippen molar-refractivity contribution in [1.82, 2.24) is 0 Å². The summed E-state index contributed by atoms with van der Waals surface area (Å²) in [5, 5.41) is 6.36. The summed E-state index contributed by atoms with van der Waals surface area (Å²) >= 11 is 7.12. The largest absolute Gasteiger partial charge is 0.214 e. The molecule has 0 saturated carbocycles. The van der Waals surface area contributed by atoms with Crippen molar-refractivity contribution in [3.63, 3.8) is 0 Å². The van der Waals surface area contributed by atoms with Crippen LogP contribution in [0.3, 0.4) is 0 Å². The first-order valence-corrected chi connectivity index (χ1v) is 14.7. The standard InChI is InChI=1S/C23H29.C7H5Cl.C5H5.Zr/c1-14-9-16-11-17-10-15(2)21(23(6,7)8)13-19(17)18(16)12-20(14)22(3,4)5;1-6-3-2-4-7(8)5-6;1-2-4-5-3-1;/h9-13H,1-8H3;1-5H;1-5H;/q-1;;-1;+2. The van der Waals surface area contributed by atoms with Gasteiger partial charge in [-0.05, 0) is 24.7 Å². The molecule has 190 valence electrons. The minimum absolute atomic E-state index is 0.180. The zero-order valence-corrected chi connectivity index (χ0v) is 26.8. The van der Waals surface area contributed by atoms with E-state index in [0.717, 1.165) is 5.02 Å². The molecule has 0 nitrogen and oxygen atoms in total. The number of benzene rings is 3. The number of fused-ring (bicyclic) bond motifs is 3. The predicted octanol–water partition coefficient (Wildman–Crippen LogP) is 10.4. The number of halogens is 1. The maximum Gasteiger partial charge on any atom is -0.172 e. The Morgan fingerprint density at radius 2 is 1.19 bits per heavy atom. The van der Waals surface area contributed by atoms with E-state index < -0.39 is 0 Å². The van der Waals surface area contributed by atoms with Gasteiger partial charge in [-0.15, -0.1) is 39.7 Å². The molecule has 0 saturated heterocycles. The molecular weight excluding hydrogens is 547 g/mol. The molecule has 0 aromatic heterocycles. The molecule has 0 spiro atoms. The molecule has 5 aromatic carbocycles. The van der Waals surface area contributed by atoms with E-state index in [4.69, 9.17) is 11.6 Å². The molecule has 0 unspecified atom stereocenters. The summed E-state index contributed by atoms with van der Waals surface area (Å²) in [6.45, 7) is 18.3. The SMILES string of the molecule is Cc1cc2[cH-]c3cc(C)c(C(C)(C)C)cc3c2cc1C(C)(C)C.Clc1cccc([CH]=[Zr+2])c1.c1cc[cH-]c1. The van der Waals surface area contributed by atoms with Crippen LogP contribution in [0.25, 0.3) is 21.5 Å². The van der Waals surface area contributed by atoms with E-state index in [0.29, 0.717) is 0 Å². The van der Waals surface area contributed by atoms with Crippen LogP contribution >= 0.6 is 11.6 Å². The van der Waals surface area contributed by atoms with E-state index >= 15 is 0 Å². The van der Waals surface area contributed by atoms with Crippen LogP contribution in [0.15, 0.2) is 84.9 Å². The molecular formula is C35H39ClZr. The van der Waals surface area contributed by atoms with Crippen LogP contribution in [0.5, 0.6) is 0 Å². The molecule has 0 aliphatic heterocycles. The third-order valence-electron chi connectivity index (χ3n) is 6.58. The molecule has 37 heavy (non-hydrogen) atoms. The van der Waals surface area contributed by atoms with Crippen LogP contribution in [0.1, 0.15) is 69.4 Å². The summed E-state index contributed by atoms with van der Waals surface area (Å²) in [6, 6.07) is 29.8. The molecule has 0 fully saturated rings. The molecule has 0 heterocycles. The van der Waals surface area contributed by atoms with Gasteiger partial charge in [0.15, 0.2) is 0 Å². The van der Waals surface area contributed by atoms with Crippen molar-refractivity contribution in [2.24, 2.45) is 0 Å². The quantitative estimate of drug-likeness (QED) is 0.172. The fourth-order valence-electron chi connectivity index (χ4n) is 4.87. The molecule has 5 aromatic rings. The smallest absolute Gasteiger partial charge is 0.172 e. The van der Waals surface area contributed by atoms with E-state index in [1.807, 2.05) is 54.6 Å². The minimum atomic E-state index is 0.180. The predicted molar refractivity (Wildman–Crippen MR) is 163 cm³/mol. The molecule has 5 rings (SSSR count). The van der Waals surface area contributed by atoms with Crippen LogP contribution in [0, 0.1) is 13.8 Å². The second-order valence-electron chi connectivity index (χ2n) is 11.8. The van der Waals surface area contributed by atoms with Gasteiger partial charge in [-0.25, -0.2) is 12.1 Å². The van der Waals surface area contributed by atoms with Crippen LogP contribution in [0.2, 0.25) is 5.02 Å². The van der Waals surface area contributed by atoms with Crippen LogP contribution in [-0.2, 0) is 35.1 Å². The van der Waals surface area contributed by atoms with Crippen LogP contribution < -0.4 is 0 Å². The third kappa shape index (κ3) is 7.72. The molecule has 0 aliphatic rings. The normalized spacial score (nSPS) is 11.5. The fourth-order valence-corrected chi connectivity index (χ4v) is 5.51. The molecule has 0 atom stereocenters. The van der Waals surface area contributed by atoms with E-state index in [1.54, 1.807) is 0 Å². The second-order valence-corrected chi connectivity index (χ2v) is 13.0. The molecule has 2 heteroatoms. The van der Waals surface area contributed by atoms with Gasteiger partial charge in [0.2, 0.25) is 0 Å². The van der Waals surface area contributed by atoms with Crippen LogP contribution in [0.4, 0.5) is 0 Å². The van der Waals surface area contributed by atoms with Gasteiger partial charge in [0.25, 0.3) is 0 Å². The summed E-state index contributed by atoms with van der Waals surface area (Å²) in [6.07, 6.45) is 0. The first-order chi connectivity index (χ1) is 17.3. The summed E-state index contributed by atoms with van der Waals surface area (Å²) in [5.74, 6) is 0. The van der Waals surface area contributed by atoms with Crippen molar-refractivity contribution >= 4 is 36.9 Å². The Morgan fingerprint density at radius 3 is 1.51 bits per heavy atom. The number of rotatable bonds is 1. The van der Waals surface area contributed by atoms with Gasteiger partial charge in [-0.3, -0.25) is 0 Å². The molecule has 0 aliphatic carbocycles. The van der Waals surface area contributed by atoms with Crippen molar-refractivity contribution in [3.8, 4) is 0 Å². The van der Waals surface area contributed by atoms with Crippen molar-refractivity contribution in [2.75, 3.05) is 0 Å². The van der Waals surface area contributed by atoms with Gasteiger partial charge in [0.1, 0.15) is 0 Å². The Labute approximate surface area is 243 Å². The number of hydrogen-bond acceptors (Lipinski definition) is 0. The average Bonchev–Trinajstić information content (AvgIpc) is 3.48. The molecule has 0 bridgehead atoms. The first kappa shape index (κ1) is 29.5. The average molecular weight is 586 g/mol. The van der Waals surface area contributed by atoms with Crippen molar-refractivity contribution in [2.45, 2.75) is 66.2 Å². The maximum atomic E-state index is 5.71. The maximum absolute atomic E-state index is 5.71. The van der Waals surface area contributed by atoms with E-state index in [9.17, 15) is 0 Å². The first-order valence-electron chi connectivity index (χ1n) is 12.9. The topological polar surface area (TPSA) is 0 Å². The summed E-state index contributed by atoms with van der Waals surface area (Å²) in [7, 11) is 0. The van der Waals surface area contributed by atoms with Gasteiger partial charge in [-0.2, -0.15) is 18.2 Å². The Balaban J connectivity index is 0.000000221. The fraction of sp³-hybridized carbons (Fsp3) is 0.286. The van der Waals surface area contributed by atoms with Gasteiger partial charge in [0.05, 0.1) is 0 Å². The second kappa shape index (κ2) is 12.2. The molecule has 0 radical (unpaired) electrons. The van der Waals surface area contributed by atoms with Crippen LogP contribution in [-0.4, -0.2) is 3.71 Å². The Bertz CT molecular complexity index is 1380. The van der Waals surface area contributed by atoms with E-state index in [2.05, 4.69) is 89.4 Å². The molecule has 0 N–H and O–H groups in total. The number of hydrogen-bond donors (Lipinski definition) is 0. The zero-order chi connectivity index (χ0) is 27.4. The summed E-state index contributed by atoms with van der Waals surface area (Å²) in [5.41, 5.74) is 7.27. The monoisotopic (exact) mass is 584 g/mol. The Morgan fingerprint density at radius 1 is 0.703 bits per heavy atom. The summed E-state index contributed by atoms with van der Waals surface area (Å²) in [4.78, 5) is 0. The van der Waals surface area contributed by atoms with E-state index in [-0.39, 0.29) is 10.8 Å².